The Morgan fingerprint density at radius 1 is 0.368 bits per heavy atom. The number of carbonyl (C=O) groups is 4. The largest absolute Gasteiger partial charge is 0.496 e. The lowest BCUT2D eigenvalue weighted by molar-refractivity contribution is 0.0763. The van der Waals surface area contributed by atoms with Crippen molar-refractivity contribution in [3.05, 3.63) is 95.1 Å². The molecule has 4 aromatic rings. The molecule has 0 aliphatic carbocycles. The topological polar surface area (TPSA) is 151 Å². The molecule has 0 radical (unpaired) electrons. The van der Waals surface area contributed by atoms with Crippen molar-refractivity contribution in [1.29, 1.82) is 0 Å². The van der Waals surface area contributed by atoms with Crippen molar-refractivity contribution >= 4 is 23.1 Å². The molecule has 0 aliphatic heterocycles. The van der Waals surface area contributed by atoms with E-state index in [0.717, 1.165) is 0 Å². The number of ether oxygens (including phenoxy) is 9. The third-order valence-corrected chi connectivity index (χ3v) is 9.53. The Balaban J connectivity index is 1.56. The van der Waals surface area contributed by atoms with Crippen LogP contribution in [0.5, 0.6) is 46.0 Å². The summed E-state index contributed by atoms with van der Waals surface area (Å²) in [6.45, 7) is 0.326. The zero-order chi connectivity index (χ0) is 41.5. The summed E-state index contributed by atoms with van der Waals surface area (Å²) in [5.74, 6) is -2.29. The van der Waals surface area contributed by atoms with Crippen molar-refractivity contribution < 1.29 is 61.8 Å². The van der Waals surface area contributed by atoms with E-state index in [1.54, 1.807) is 72.8 Å². The van der Waals surface area contributed by atoms with E-state index in [1.165, 1.54) is 56.9 Å². The highest BCUT2D eigenvalue weighted by atomic mass is 16.5. The number of hydrogen-bond acceptors (Lipinski definition) is 13. The first kappa shape index (κ1) is 43.6. The summed E-state index contributed by atoms with van der Waals surface area (Å²) in [6, 6.07) is 19.8. The Bertz CT molecular complexity index is 1650. The van der Waals surface area contributed by atoms with Gasteiger partial charge in [0.05, 0.1) is 68.7 Å². The van der Waals surface area contributed by atoms with Crippen LogP contribution in [0.4, 0.5) is 0 Å². The van der Waals surface area contributed by atoms with Gasteiger partial charge in [-0.15, -0.1) is 0 Å². The van der Waals surface area contributed by atoms with Gasteiger partial charge in [-0.05, 0) is 74.2 Å². The van der Waals surface area contributed by atoms with Crippen molar-refractivity contribution in [3.63, 3.8) is 0 Å². The highest BCUT2D eigenvalue weighted by Crippen LogP contribution is 2.38. The summed E-state index contributed by atoms with van der Waals surface area (Å²) in [5.41, 5.74) is 0.535. The van der Waals surface area contributed by atoms with E-state index in [9.17, 15) is 19.2 Å². The third kappa shape index (κ3) is 9.84. The molecule has 0 atom stereocenters. The van der Waals surface area contributed by atoms with E-state index in [2.05, 4.69) is 0 Å². The summed E-state index contributed by atoms with van der Waals surface area (Å²) in [4.78, 5) is 57.2. The first-order valence-electron chi connectivity index (χ1n) is 18.2. The zero-order valence-corrected chi connectivity index (χ0v) is 33.6. The molecule has 0 aromatic heterocycles. The maximum absolute atomic E-state index is 14.3. The molecular weight excluding hydrogens is 736 g/mol. The van der Waals surface area contributed by atoms with Crippen molar-refractivity contribution in [1.82, 2.24) is 0 Å². The van der Waals surface area contributed by atoms with Gasteiger partial charge in [0.15, 0.2) is 23.1 Å². The summed E-state index contributed by atoms with van der Waals surface area (Å²) in [7, 11) is 11.5. The predicted molar refractivity (Wildman–Crippen MR) is 212 cm³/mol. The maximum atomic E-state index is 14.3. The Morgan fingerprint density at radius 3 is 0.737 bits per heavy atom. The van der Waals surface area contributed by atoms with Crippen LogP contribution < -0.4 is 37.9 Å². The third-order valence-electron chi connectivity index (χ3n) is 9.53. The van der Waals surface area contributed by atoms with E-state index >= 15 is 0 Å². The Morgan fingerprint density at radius 2 is 0.561 bits per heavy atom. The fourth-order valence-corrected chi connectivity index (χ4v) is 6.72. The van der Waals surface area contributed by atoms with Gasteiger partial charge < -0.3 is 42.6 Å². The van der Waals surface area contributed by atoms with Crippen molar-refractivity contribution in [2.24, 2.45) is 11.8 Å². The minimum absolute atomic E-state index is 0.0981. The van der Waals surface area contributed by atoms with Crippen LogP contribution in [-0.2, 0) is 4.74 Å². The van der Waals surface area contributed by atoms with Crippen LogP contribution in [0.1, 0.15) is 67.1 Å². The van der Waals surface area contributed by atoms with Crippen LogP contribution in [0.3, 0.4) is 0 Å². The second kappa shape index (κ2) is 21.3. The van der Waals surface area contributed by atoms with Gasteiger partial charge in [0.25, 0.3) is 0 Å². The van der Waals surface area contributed by atoms with E-state index in [1.807, 2.05) is 0 Å². The second-order valence-corrected chi connectivity index (χ2v) is 12.6. The molecule has 13 nitrogen and oxygen atoms in total. The molecule has 0 N–H and O–H groups in total. The fraction of sp³-hybridized carbons (Fsp3) is 0.364. The summed E-state index contributed by atoms with van der Waals surface area (Å²) < 4.78 is 50.0. The van der Waals surface area contributed by atoms with E-state index < -0.39 is 35.0 Å². The van der Waals surface area contributed by atoms with Gasteiger partial charge >= 0.3 is 0 Å². The van der Waals surface area contributed by atoms with Crippen LogP contribution in [0.2, 0.25) is 0 Å². The highest BCUT2D eigenvalue weighted by molar-refractivity contribution is 6.20. The molecule has 0 heterocycles. The maximum Gasteiger partial charge on any atom is 0.181 e. The number of Topliss-reactive ketones (excluding diaryl/α,β-unsaturated/α-hetero) is 4. The van der Waals surface area contributed by atoms with Gasteiger partial charge in [0.1, 0.15) is 68.2 Å². The van der Waals surface area contributed by atoms with Gasteiger partial charge in [-0.25, -0.2) is 0 Å². The van der Waals surface area contributed by atoms with E-state index in [-0.39, 0.29) is 94.3 Å². The quantitative estimate of drug-likeness (QED) is 0.0395. The van der Waals surface area contributed by atoms with Crippen LogP contribution in [0.15, 0.2) is 72.8 Å². The van der Waals surface area contributed by atoms with Crippen molar-refractivity contribution in [2.45, 2.75) is 25.7 Å². The van der Waals surface area contributed by atoms with Gasteiger partial charge in [0, 0.05) is 13.2 Å². The second-order valence-electron chi connectivity index (χ2n) is 12.6. The van der Waals surface area contributed by atoms with E-state index in [4.69, 9.17) is 42.6 Å². The molecule has 0 bridgehead atoms. The van der Waals surface area contributed by atoms with Gasteiger partial charge in [-0.2, -0.15) is 0 Å². The molecule has 4 rings (SSSR count). The lowest BCUT2D eigenvalue weighted by Gasteiger charge is -2.21. The van der Waals surface area contributed by atoms with Crippen LogP contribution in [0.25, 0.3) is 0 Å². The number of carbonyl (C=O) groups excluding carboxylic acids is 4. The van der Waals surface area contributed by atoms with Gasteiger partial charge in [-0.1, -0.05) is 24.3 Å². The average Bonchev–Trinajstić information content (AvgIpc) is 3.26. The normalized spacial score (nSPS) is 10.8. The first-order valence-corrected chi connectivity index (χ1v) is 18.2. The average molecular weight is 787 g/mol. The number of rotatable bonds is 24. The number of benzene rings is 4. The molecule has 0 saturated heterocycles. The number of ketones is 4. The standard InChI is InChI=1S/C44H50O13/c1-49-29-17-9-18-30(50-2)37(29)41(45)27(42(46)38-31(51-3)19-10-20-32(38)52-4)15-13-25-57-26-14-16-28(43(47)39-33(53-5)21-11-22-34(39)54-6)44(48)40-35(55-7)23-12-24-36(40)56-8/h9-12,17-24,27-28H,13-16,25-26H2,1-8H3. The molecule has 4 aromatic carbocycles. The number of methoxy groups -OCH3 is 8. The summed E-state index contributed by atoms with van der Waals surface area (Å²) in [6.07, 6.45) is 0.798. The van der Waals surface area contributed by atoms with E-state index in [0.29, 0.717) is 12.8 Å². The Hall–Kier alpha value is -6.08. The molecular formula is C44H50O13. The molecule has 0 amide bonds. The zero-order valence-electron chi connectivity index (χ0n) is 33.6. The summed E-state index contributed by atoms with van der Waals surface area (Å²) in [5, 5.41) is 0. The number of hydrogen-bond donors (Lipinski definition) is 0. The SMILES string of the molecule is COc1cccc(OC)c1C(=O)C(CCCOCCCC(C(=O)c1c(OC)cccc1OC)C(=O)c1c(OC)cccc1OC)C(=O)c1c(OC)cccc1OC. The van der Waals surface area contributed by atoms with Crippen molar-refractivity contribution in [2.75, 3.05) is 70.1 Å². The Labute approximate surface area is 333 Å². The van der Waals surface area contributed by atoms with Gasteiger partial charge in [-0.3, -0.25) is 19.2 Å². The fourth-order valence-electron chi connectivity index (χ4n) is 6.72. The monoisotopic (exact) mass is 786 g/mol. The molecule has 57 heavy (non-hydrogen) atoms. The van der Waals surface area contributed by atoms with Gasteiger partial charge in [0.2, 0.25) is 0 Å². The van der Waals surface area contributed by atoms with Crippen molar-refractivity contribution in [3.8, 4) is 46.0 Å². The molecule has 304 valence electrons. The minimum atomic E-state index is -1.18. The molecule has 0 spiro atoms. The molecule has 0 saturated carbocycles. The molecule has 0 aliphatic rings. The molecule has 0 fully saturated rings. The highest BCUT2D eigenvalue weighted by Gasteiger charge is 2.37. The first-order chi connectivity index (χ1) is 27.6. The predicted octanol–water partition coefficient (Wildman–Crippen LogP) is 7.40. The van der Waals surface area contributed by atoms with Crippen LogP contribution in [-0.4, -0.2) is 93.2 Å². The molecule has 13 heteroatoms. The smallest absolute Gasteiger partial charge is 0.181 e. The lowest BCUT2D eigenvalue weighted by Crippen LogP contribution is -2.27. The molecule has 0 unspecified atom stereocenters. The van der Waals surface area contributed by atoms with Crippen LogP contribution in [0, 0.1) is 11.8 Å². The van der Waals surface area contributed by atoms with Crippen LogP contribution >= 0.6 is 0 Å². The Kier molecular flexibility index (Phi) is 16.3. The minimum Gasteiger partial charge on any atom is -0.496 e. The summed E-state index contributed by atoms with van der Waals surface area (Å²) >= 11 is 0. The lowest BCUT2D eigenvalue weighted by atomic mass is 9.85.